The molecule has 3 heteroatoms. The van der Waals surface area contributed by atoms with Gasteiger partial charge in [0.2, 0.25) is 0 Å². The molecule has 0 unspecified atom stereocenters. The number of hydrogen-bond donors (Lipinski definition) is 2. The zero-order valence-electron chi connectivity index (χ0n) is 11.2. The number of nitrogens with two attached hydrogens (primary N) is 1. The van der Waals surface area contributed by atoms with E-state index in [0.717, 1.165) is 28.0 Å². The lowest BCUT2D eigenvalue weighted by atomic mass is 10.1. The molecular weight excluding hydrogens is 234 g/mol. The summed E-state index contributed by atoms with van der Waals surface area (Å²) < 4.78 is 0. The first-order valence-electron chi connectivity index (χ1n) is 6.44. The van der Waals surface area contributed by atoms with E-state index in [1.54, 1.807) is 0 Å². The molecule has 1 heterocycles. The van der Waals surface area contributed by atoms with Crippen molar-refractivity contribution in [2.45, 2.75) is 20.4 Å². The number of imidazole rings is 1. The van der Waals surface area contributed by atoms with Gasteiger partial charge in [0.05, 0.1) is 11.0 Å². The van der Waals surface area contributed by atoms with Gasteiger partial charge in [0.1, 0.15) is 5.82 Å². The number of aromatic nitrogens is 2. The van der Waals surface area contributed by atoms with Gasteiger partial charge in [0.15, 0.2) is 0 Å². The first-order valence-corrected chi connectivity index (χ1v) is 6.44. The summed E-state index contributed by atoms with van der Waals surface area (Å²) in [5, 5.41) is 0. The van der Waals surface area contributed by atoms with Gasteiger partial charge < -0.3 is 10.7 Å². The minimum atomic E-state index is 0.550. The molecular formula is C16H17N3. The predicted octanol–water partition coefficient (Wildman–Crippen LogP) is 3.31. The van der Waals surface area contributed by atoms with E-state index in [2.05, 4.69) is 48.1 Å². The van der Waals surface area contributed by atoms with Gasteiger partial charge >= 0.3 is 0 Å². The summed E-state index contributed by atoms with van der Waals surface area (Å²) in [6.07, 6.45) is 0. The van der Waals surface area contributed by atoms with Crippen LogP contribution in [0.5, 0.6) is 0 Å². The van der Waals surface area contributed by atoms with Crippen molar-refractivity contribution in [3.8, 4) is 11.4 Å². The van der Waals surface area contributed by atoms with E-state index in [-0.39, 0.29) is 0 Å². The van der Waals surface area contributed by atoms with Crippen molar-refractivity contribution in [2.24, 2.45) is 5.73 Å². The Morgan fingerprint density at radius 2 is 1.89 bits per heavy atom. The molecule has 3 rings (SSSR count). The quantitative estimate of drug-likeness (QED) is 0.734. The minimum absolute atomic E-state index is 0.550. The number of nitrogens with zero attached hydrogens (tertiary/aromatic N) is 1. The maximum atomic E-state index is 5.66. The molecule has 19 heavy (non-hydrogen) atoms. The molecule has 2 aromatic carbocycles. The predicted molar refractivity (Wildman–Crippen MR) is 78.9 cm³/mol. The number of H-pyrrole nitrogens is 1. The first-order chi connectivity index (χ1) is 9.17. The van der Waals surface area contributed by atoms with Gasteiger partial charge in [0.25, 0.3) is 0 Å². The second-order valence-electron chi connectivity index (χ2n) is 4.94. The summed E-state index contributed by atoms with van der Waals surface area (Å²) >= 11 is 0. The maximum absolute atomic E-state index is 5.66. The van der Waals surface area contributed by atoms with Crippen LogP contribution in [-0.2, 0) is 6.54 Å². The standard InChI is InChI=1S/C16H17N3/c1-10-3-5-13(7-11(10)2)16-18-14-6-4-12(9-17)8-15(14)19-16/h3-8H,9,17H2,1-2H3,(H,18,19). The summed E-state index contributed by atoms with van der Waals surface area (Å²) in [5.74, 6) is 0.910. The van der Waals surface area contributed by atoms with Crippen molar-refractivity contribution in [3.63, 3.8) is 0 Å². The van der Waals surface area contributed by atoms with Crippen molar-refractivity contribution in [1.82, 2.24) is 9.97 Å². The first kappa shape index (κ1) is 11.9. The number of aryl methyl sites for hydroxylation is 2. The van der Waals surface area contributed by atoms with E-state index >= 15 is 0 Å². The highest BCUT2D eigenvalue weighted by Crippen LogP contribution is 2.23. The SMILES string of the molecule is Cc1ccc(-c2nc3ccc(CN)cc3[nH]2)cc1C. The number of fused-ring (bicyclic) bond motifs is 1. The normalized spacial score (nSPS) is 11.1. The lowest BCUT2D eigenvalue weighted by Crippen LogP contribution is -1.95. The fourth-order valence-corrected chi connectivity index (χ4v) is 2.21. The Labute approximate surface area is 112 Å². The van der Waals surface area contributed by atoms with Crippen molar-refractivity contribution in [1.29, 1.82) is 0 Å². The highest BCUT2D eigenvalue weighted by atomic mass is 14.9. The van der Waals surface area contributed by atoms with Crippen LogP contribution in [-0.4, -0.2) is 9.97 Å². The summed E-state index contributed by atoms with van der Waals surface area (Å²) in [6, 6.07) is 12.5. The van der Waals surface area contributed by atoms with Crippen LogP contribution in [0.4, 0.5) is 0 Å². The van der Waals surface area contributed by atoms with Gasteiger partial charge in [-0.1, -0.05) is 18.2 Å². The van der Waals surface area contributed by atoms with Crippen LogP contribution in [0.1, 0.15) is 16.7 Å². The van der Waals surface area contributed by atoms with Crippen molar-refractivity contribution in [2.75, 3.05) is 0 Å². The van der Waals surface area contributed by atoms with E-state index in [0.29, 0.717) is 6.54 Å². The fraction of sp³-hybridized carbons (Fsp3) is 0.188. The zero-order chi connectivity index (χ0) is 13.4. The van der Waals surface area contributed by atoms with Crippen molar-refractivity contribution in [3.05, 3.63) is 53.1 Å². The highest BCUT2D eigenvalue weighted by molar-refractivity contribution is 5.80. The number of benzene rings is 2. The Morgan fingerprint density at radius 1 is 1.05 bits per heavy atom. The van der Waals surface area contributed by atoms with Crippen molar-refractivity contribution < 1.29 is 0 Å². The molecule has 0 bridgehead atoms. The molecule has 96 valence electrons. The van der Waals surface area contributed by atoms with Gasteiger partial charge in [-0.2, -0.15) is 0 Å². The zero-order valence-corrected chi connectivity index (χ0v) is 11.2. The van der Waals surface area contributed by atoms with Crippen LogP contribution < -0.4 is 5.73 Å². The number of nitrogens with one attached hydrogen (secondary N) is 1. The Balaban J connectivity index is 2.11. The molecule has 0 atom stereocenters. The Kier molecular flexibility index (Phi) is 2.84. The molecule has 3 aromatic rings. The molecule has 3 nitrogen and oxygen atoms in total. The second-order valence-corrected chi connectivity index (χ2v) is 4.94. The molecule has 0 radical (unpaired) electrons. The third-order valence-corrected chi connectivity index (χ3v) is 3.56. The van der Waals surface area contributed by atoms with Gasteiger partial charge in [-0.05, 0) is 48.7 Å². The van der Waals surface area contributed by atoms with E-state index in [9.17, 15) is 0 Å². The number of rotatable bonds is 2. The largest absolute Gasteiger partial charge is 0.338 e. The molecule has 0 saturated heterocycles. The number of aromatic amines is 1. The van der Waals surface area contributed by atoms with Gasteiger partial charge in [-0.15, -0.1) is 0 Å². The highest BCUT2D eigenvalue weighted by Gasteiger charge is 2.06. The van der Waals surface area contributed by atoms with Gasteiger partial charge in [-0.25, -0.2) is 4.98 Å². The molecule has 0 aliphatic carbocycles. The van der Waals surface area contributed by atoms with E-state index in [4.69, 9.17) is 5.73 Å². The van der Waals surface area contributed by atoms with Crippen LogP contribution >= 0.6 is 0 Å². The topological polar surface area (TPSA) is 54.7 Å². The summed E-state index contributed by atoms with van der Waals surface area (Å²) in [7, 11) is 0. The monoisotopic (exact) mass is 251 g/mol. The molecule has 0 aliphatic heterocycles. The lowest BCUT2D eigenvalue weighted by molar-refractivity contribution is 1.07. The van der Waals surface area contributed by atoms with Crippen LogP contribution in [0, 0.1) is 13.8 Å². The van der Waals surface area contributed by atoms with Crippen LogP contribution in [0.2, 0.25) is 0 Å². The van der Waals surface area contributed by atoms with Crippen LogP contribution in [0.25, 0.3) is 22.4 Å². The molecule has 0 saturated carbocycles. The smallest absolute Gasteiger partial charge is 0.138 e. The molecule has 0 amide bonds. The summed E-state index contributed by atoms with van der Waals surface area (Å²) in [6.45, 7) is 4.78. The molecule has 0 spiro atoms. The average Bonchev–Trinajstić information content (AvgIpc) is 2.84. The van der Waals surface area contributed by atoms with Crippen molar-refractivity contribution >= 4 is 11.0 Å². The Morgan fingerprint density at radius 3 is 2.63 bits per heavy atom. The van der Waals surface area contributed by atoms with E-state index < -0.39 is 0 Å². The molecule has 0 aliphatic rings. The Bertz CT molecular complexity index is 741. The van der Waals surface area contributed by atoms with Gasteiger partial charge in [0, 0.05) is 12.1 Å². The molecule has 1 aromatic heterocycles. The minimum Gasteiger partial charge on any atom is -0.338 e. The summed E-state index contributed by atoms with van der Waals surface area (Å²) in [4.78, 5) is 8.00. The summed E-state index contributed by atoms with van der Waals surface area (Å²) in [5.41, 5.74) is 12.5. The van der Waals surface area contributed by atoms with Gasteiger partial charge in [-0.3, -0.25) is 0 Å². The van der Waals surface area contributed by atoms with Crippen LogP contribution in [0.3, 0.4) is 0 Å². The fourth-order valence-electron chi connectivity index (χ4n) is 2.21. The number of hydrogen-bond acceptors (Lipinski definition) is 2. The average molecular weight is 251 g/mol. The second kappa shape index (κ2) is 4.52. The third kappa shape index (κ3) is 2.13. The van der Waals surface area contributed by atoms with Crippen LogP contribution in [0.15, 0.2) is 36.4 Å². The Hall–Kier alpha value is -2.13. The third-order valence-electron chi connectivity index (χ3n) is 3.56. The molecule has 3 N–H and O–H groups in total. The van der Waals surface area contributed by atoms with E-state index in [1.165, 1.54) is 11.1 Å². The maximum Gasteiger partial charge on any atom is 0.138 e. The lowest BCUT2D eigenvalue weighted by Gasteiger charge is -2.02. The molecule has 0 fully saturated rings. The van der Waals surface area contributed by atoms with E-state index in [1.807, 2.05) is 12.1 Å².